The summed E-state index contributed by atoms with van der Waals surface area (Å²) < 4.78 is 6.86. The molecule has 0 saturated carbocycles. The van der Waals surface area contributed by atoms with Crippen LogP contribution in [0.3, 0.4) is 0 Å². The van der Waals surface area contributed by atoms with E-state index in [9.17, 15) is 4.79 Å². The van der Waals surface area contributed by atoms with Gasteiger partial charge in [-0.1, -0.05) is 12.1 Å². The van der Waals surface area contributed by atoms with Crippen molar-refractivity contribution in [1.82, 2.24) is 14.7 Å². The van der Waals surface area contributed by atoms with E-state index >= 15 is 0 Å². The van der Waals surface area contributed by atoms with Crippen LogP contribution >= 0.6 is 0 Å². The van der Waals surface area contributed by atoms with Gasteiger partial charge in [0.25, 0.3) is 0 Å². The molecule has 0 aliphatic heterocycles. The first-order chi connectivity index (χ1) is 11.0. The van der Waals surface area contributed by atoms with Gasteiger partial charge < -0.3 is 9.64 Å². The molecule has 5 nitrogen and oxygen atoms in total. The van der Waals surface area contributed by atoms with Crippen molar-refractivity contribution in [1.29, 1.82) is 0 Å². The maximum absolute atomic E-state index is 12.2. The van der Waals surface area contributed by atoms with Gasteiger partial charge in [0.2, 0.25) is 5.91 Å². The monoisotopic (exact) mass is 313 g/mol. The number of rotatable bonds is 6. The van der Waals surface area contributed by atoms with E-state index < -0.39 is 0 Å². The zero-order chi connectivity index (χ0) is 16.8. The molecule has 0 spiro atoms. The highest BCUT2D eigenvalue weighted by Gasteiger charge is 2.14. The van der Waals surface area contributed by atoms with E-state index in [-0.39, 0.29) is 11.9 Å². The molecule has 0 aliphatic rings. The van der Waals surface area contributed by atoms with E-state index in [1.54, 1.807) is 35.0 Å². The van der Waals surface area contributed by atoms with Crippen LogP contribution in [-0.4, -0.2) is 40.8 Å². The topological polar surface area (TPSA) is 47.4 Å². The van der Waals surface area contributed by atoms with Crippen molar-refractivity contribution < 1.29 is 9.53 Å². The van der Waals surface area contributed by atoms with Crippen LogP contribution < -0.4 is 4.74 Å². The van der Waals surface area contributed by atoms with Crippen LogP contribution in [0.2, 0.25) is 0 Å². The van der Waals surface area contributed by atoms with Crippen LogP contribution in [-0.2, 0) is 18.3 Å². The van der Waals surface area contributed by atoms with E-state index in [2.05, 4.69) is 5.10 Å². The number of ether oxygens (including phenoxy) is 1. The molecule has 1 atom stereocenters. The van der Waals surface area contributed by atoms with E-state index in [1.165, 1.54) is 5.56 Å². The number of likely N-dealkylation sites (N-methyl/N-ethyl adjacent to an activating group) is 1. The number of aromatic nitrogens is 2. The first kappa shape index (κ1) is 16.8. The molecule has 2 rings (SSSR count). The summed E-state index contributed by atoms with van der Waals surface area (Å²) in [7, 11) is 5.32. The van der Waals surface area contributed by atoms with Gasteiger partial charge in [-0.3, -0.25) is 9.48 Å². The Kier molecular flexibility index (Phi) is 5.57. The van der Waals surface area contributed by atoms with Gasteiger partial charge in [-0.2, -0.15) is 5.10 Å². The summed E-state index contributed by atoms with van der Waals surface area (Å²) in [5.74, 6) is 0.820. The lowest BCUT2D eigenvalue weighted by Gasteiger charge is -2.24. The third-order valence-corrected chi connectivity index (χ3v) is 3.84. The Morgan fingerprint density at radius 2 is 2.09 bits per heavy atom. The molecule has 5 heteroatoms. The summed E-state index contributed by atoms with van der Waals surface area (Å²) in [6.07, 6.45) is 7.76. The lowest BCUT2D eigenvalue weighted by atomic mass is 10.1. The molecule has 1 amide bonds. The molecule has 0 saturated heterocycles. The lowest BCUT2D eigenvalue weighted by Crippen LogP contribution is -2.35. The summed E-state index contributed by atoms with van der Waals surface area (Å²) in [6.45, 7) is 2.04. The van der Waals surface area contributed by atoms with Gasteiger partial charge in [-0.15, -0.1) is 0 Å². The summed E-state index contributed by atoms with van der Waals surface area (Å²) >= 11 is 0. The van der Waals surface area contributed by atoms with Crippen LogP contribution in [0.25, 0.3) is 6.08 Å². The van der Waals surface area contributed by atoms with Crippen molar-refractivity contribution in [3.63, 3.8) is 0 Å². The average Bonchev–Trinajstić information content (AvgIpc) is 2.98. The molecule has 1 aromatic heterocycles. The van der Waals surface area contributed by atoms with Crippen molar-refractivity contribution in [3.8, 4) is 5.75 Å². The van der Waals surface area contributed by atoms with Crippen molar-refractivity contribution in [3.05, 3.63) is 53.9 Å². The second kappa shape index (κ2) is 7.63. The fourth-order valence-electron chi connectivity index (χ4n) is 2.27. The number of carbonyl (C=O) groups excluding carboxylic acids is 1. The smallest absolute Gasteiger partial charge is 0.246 e. The van der Waals surface area contributed by atoms with Gasteiger partial charge in [0.1, 0.15) is 5.75 Å². The first-order valence-electron chi connectivity index (χ1n) is 7.56. The Labute approximate surface area is 137 Å². The highest BCUT2D eigenvalue weighted by atomic mass is 16.5. The molecule has 1 aromatic carbocycles. The van der Waals surface area contributed by atoms with Gasteiger partial charge in [-0.05, 0) is 37.1 Å². The van der Waals surface area contributed by atoms with E-state index in [1.807, 2.05) is 51.5 Å². The number of amides is 1. The molecule has 0 unspecified atom stereocenters. The summed E-state index contributed by atoms with van der Waals surface area (Å²) in [4.78, 5) is 14.0. The molecule has 0 N–H and O–H groups in total. The molecular weight excluding hydrogens is 290 g/mol. The lowest BCUT2D eigenvalue weighted by molar-refractivity contribution is -0.126. The van der Waals surface area contributed by atoms with Crippen molar-refractivity contribution >= 4 is 12.0 Å². The predicted molar refractivity (Wildman–Crippen MR) is 91.2 cm³/mol. The number of methoxy groups -OCH3 is 1. The van der Waals surface area contributed by atoms with Gasteiger partial charge in [0.15, 0.2) is 0 Å². The van der Waals surface area contributed by atoms with Gasteiger partial charge in [-0.25, -0.2) is 0 Å². The Hall–Kier alpha value is -2.56. The third kappa shape index (κ3) is 4.71. The molecule has 0 fully saturated rings. The molecule has 122 valence electrons. The molecule has 23 heavy (non-hydrogen) atoms. The SMILES string of the molecule is COc1ccc(C[C@@H](C)N(C)C(=O)/C=C/c2cnn(C)c2)cc1. The summed E-state index contributed by atoms with van der Waals surface area (Å²) in [5.41, 5.74) is 2.09. The van der Waals surface area contributed by atoms with E-state index in [0.29, 0.717) is 0 Å². The second-order valence-corrected chi connectivity index (χ2v) is 5.63. The standard InChI is InChI=1S/C18H23N3O2/c1-14(11-15-5-8-17(23-4)9-6-15)21(3)18(22)10-7-16-12-19-20(2)13-16/h5-10,12-14H,11H2,1-4H3/b10-7+/t14-/m1/s1. The minimum Gasteiger partial charge on any atom is -0.497 e. The Bertz CT molecular complexity index is 674. The maximum atomic E-state index is 12.2. The maximum Gasteiger partial charge on any atom is 0.246 e. The highest BCUT2D eigenvalue weighted by molar-refractivity contribution is 5.91. The van der Waals surface area contributed by atoms with Gasteiger partial charge in [0, 0.05) is 38.0 Å². The molecule has 1 heterocycles. The quantitative estimate of drug-likeness (QED) is 0.770. The minimum atomic E-state index is -0.0186. The minimum absolute atomic E-state index is 0.0186. The largest absolute Gasteiger partial charge is 0.497 e. The van der Waals surface area contributed by atoms with Crippen LogP contribution in [0.15, 0.2) is 42.7 Å². The Morgan fingerprint density at radius 3 is 2.65 bits per heavy atom. The van der Waals surface area contributed by atoms with Crippen LogP contribution in [0, 0.1) is 0 Å². The number of aryl methyl sites for hydroxylation is 1. The van der Waals surface area contributed by atoms with Crippen molar-refractivity contribution in [2.24, 2.45) is 7.05 Å². The van der Waals surface area contributed by atoms with Gasteiger partial charge in [0.05, 0.1) is 13.3 Å². The van der Waals surface area contributed by atoms with Crippen molar-refractivity contribution in [2.75, 3.05) is 14.2 Å². The molecular formula is C18H23N3O2. The number of nitrogens with zero attached hydrogens (tertiary/aromatic N) is 3. The van der Waals surface area contributed by atoms with E-state index in [4.69, 9.17) is 4.74 Å². The Balaban J connectivity index is 1.93. The second-order valence-electron chi connectivity index (χ2n) is 5.63. The van der Waals surface area contributed by atoms with Gasteiger partial charge >= 0.3 is 0 Å². The third-order valence-electron chi connectivity index (χ3n) is 3.84. The van der Waals surface area contributed by atoms with Crippen LogP contribution in [0.5, 0.6) is 5.75 Å². The first-order valence-corrected chi connectivity index (χ1v) is 7.56. The number of hydrogen-bond donors (Lipinski definition) is 0. The number of carbonyl (C=O) groups is 1. The fraction of sp³-hybridized carbons (Fsp3) is 0.333. The predicted octanol–water partition coefficient (Wildman–Crippen LogP) is 2.53. The summed E-state index contributed by atoms with van der Waals surface area (Å²) in [6, 6.07) is 8.03. The molecule has 0 aliphatic carbocycles. The van der Waals surface area contributed by atoms with Crippen LogP contribution in [0.1, 0.15) is 18.1 Å². The Morgan fingerprint density at radius 1 is 1.39 bits per heavy atom. The molecule has 0 radical (unpaired) electrons. The zero-order valence-corrected chi connectivity index (χ0v) is 14.1. The van der Waals surface area contributed by atoms with E-state index in [0.717, 1.165) is 17.7 Å². The average molecular weight is 313 g/mol. The molecule has 2 aromatic rings. The van der Waals surface area contributed by atoms with Crippen LogP contribution in [0.4, 0.5) is 0 Å². The number of hydrogen-bond acceptors (Lipinski definition) is 3. The number of benzene rings is 1. The summed E-state index contributed by atoms with van der Waals surface area (Å²) in [5, 5.41) is 4.07. The highest BCUT2D eigenvalue weighted by Crippen LogP contribution is 2.14. The van der Waals surface area contributed by atoms with Crippen molar-refractivity contribution in [2.45, 2.75) is 19.4 Å². The zero-order valence-electron chi connectivity index (χ0n) is 14.1. The normalized spacial score (nSPS) is 12.3. The fourth-order valence-corrected chi connectivity index (χ4v) is 2.27. The molecule has 0 bridgehead atoms.